The summed E-state index contributed by atoms with van der Waals surface area (Å²) >= 11 is 0. The number of nitrogens with zero attached hydrogens (tertiary/aromatic N) is 1. The largest absolute Gasteiger partial charge is 0.452 e. The zero-order chi connectivity index (χ0) is 23.3. The zero-order valence-corrected chi connectivity index (χ0v) is 19.1. The lowest BCUT2D eigenvalue weighted by atomic mass is 9.70. The smallest absolute Gasteiger partial charge is 0.339 e. The molecule has 1 aromatic carbocycles. The minimum atomic E-state index is -0.701. The fraction of sp³-hybridized carbons (Fsp3) is 0.500. The quantitative estimate of drug-likeness (QED) is 0.527. The van der Waals surface area contributed by atoms with Gasteiger partial charge in [0.2, 0.25) is 0 Å². The van der Waals surface area contributed by atoms with Gasteiger partial charge < -0.3 is 14.8 Å². The molecule has 0 radical (unpaired) electrons. The number of aromatic nitrogens is 1. The summed E-state index contributed by atoms with van der Waals surface area (Å²) in [5.41, 5.74) is 3.11. The molecule has 8 heteroatoms. The van der Waals surface area contributed by atoms with Crippen molar-refractivity contribution < 1.29 is 23.9 Å². The van der Waals surface area contributed by atoms with Gasteiger partial charge in [-0.25, -0.2) is 9.59 Å². The number of amides is 3. The summed E-state index contributed by atoms with van der Waals surface area (Å²) in [6.07, 6.45) is 2.54. The van der Waals surface area contributed by atoms with Crippen molar-refractivity contribution in [2.45, 2.75) is 40.0 Å². The second-order valence-electron chi connectivity index (χ2n) is 9.11. The molecule has 0 unspecified atom stereocenters. The minimum absolute atomic E-state index is 0.0978. The molecular weight excluding hydrogens is 410 g/mol. The number of para-hydroxylation sites is 1. The van der Waals surface area contributed by atoms with Crippen LogP contribution in [-0.4, -0.2) is 49.8 Å². The first kappa shape index (κ1) is 23.7. The highest BCUT2D eigenvalue weighted by molar-refractivity contribution is 6.06. The molecule has 1 atom stereocenters. The summed E-state index contributed by atoms with van der Waals surface area (Å²) in [6, 6.07) is 6.80. The lowest BCUT2D eigenvalue weighted by molar-refractivity contribution is -0.123. The number of rotatable bonds is 6. The molecule has 0 aliphatic heterocycles. The molecule has 2 aromatic rings. The summed E-state index contributed by atoms with van der Waals surface area (Å²) in [7, 11) is 1.51. The molecule has 0 saturated heterocycles. The zero-order valence-electron chi connectivity index (χ0n) is 19.1. The first-order valence-corrected chi connectivity index (χ1v) is 10.8. The molecule has 3 amide bonds. The molecule has 0 fully saturated rings. The maximum absolute atomic E-state index is 13.1. The van der Waals surface area contributed by atoms with Crippen molar-refractivity contribution in [1.82, 2.24) is 15.6 Å². The monoisotopic (exact) mass is 441 g/mol. The van der Waals surface area contributed by atoms with E-state index in [0.717, 1.165) is 36.0 Å². The van der Waals surface area contributed by atoms with Crippen LogP contribution >= 0.6 is 0 Å². The number of hydrogen-bond acceptors (Lipinski definition) is 6. The van der Waals surface area contributed by atoms with Crippen LogP contribution in [0.1, 0.15) is 48.8 Å². The van der Waals surface area contributed by atoms with Crippen molar-refractivity contribution in [3.63, 3.8) is 0 Å². The Morgan fingerprint density at radius 2 is 1.94 bits per heavy atom. The number of benzene rings is 1. The second-order valence-corrected chi connectivity index (χ2v) is 9.11. The topological polar surface area (TPSA) is 107 Å². The number of imide groups is 1. The fourth-order valence-electron chi connectivity index (χ4n) is 4.04. The SMILES string of the molecule is COCCNC(=O)NC(=O)COC(=O)c1c2c(nc3ccccc13)CC[C@@H](C(C)(C)C)C2. The highest BCUT2D eigenvalue weighted by Crippen LogP contribution is 2.39. The number of aryl methyl sites for hydroxylation is 1. The number of nitrogens with one attached hydrogen (secondary N) is 2. The van der Waals surface area contributed by atoms with Gasteiger partial charge in [0.05, 0.1) is 17.7 Å². The summed E-state index contributed by atoms with van der Waals surface area (Å²) in [5, 5.41) is 5.32. The third-order valence-corrected chi connectivity index (χ3v) is 5.87. The number of methoxy groups -OCH3 is 1. The van der Waals surface area contributed by atoms with Crippen LogP contribution in [0.2, 0.25) is 0 Å². The van der Waals surface area contributed by atoms with Crippen LogP contribution in [0.25, 0.3) is 10.9 Å². The molecule has 0 spiro atoms. The second kappa shape index (κ2) is 10.1. The number of carbonyl (C=O) groups is 3. The molecule has 1 heterocycles. The average Bonchev–Trinajstić information content (AvgIpc) is 2.75. The Bertz CT molecular complexity index is 1010. The summed E-state index contributed by atoms with van der Waals surface area (Å²) in [4.78, 5) is 41.7. The van der Waals surface area contributed by atoms with Gasteiger partial charge in [-0.2, -0.15) is 0 Å². The van der Waals surface area contributed by atoms with Crippen LogP contribution in [0, 0.1) is 11.3 Å². The Kier molecular flexibility index (Phi) is 7.45. The van der Waals surface area contributed by atoms with Crippen molar-refractivity contribution in [3.8, 4) is 0 Å². The number of urea groups is 1. The van der Waals surface area contributed by atoms with Crippen molar-refractivity contribution in [2.24, 2.45) is 11.3 Å². The van der Waals surface area contributed by atoms with Gasteiger partial charge in [-0.15, -0.1) is 0 Å². The van der Waals surface area contributed by atoms with Crippen LogP contribution in [-0.2, 0) is 27.1 Å². The molecule has 1 aliphatic rings. The molecule has 2 N–H and O–H groups in total. The number of hydrogen-bond donors (Lipinski definition) is 2. The molecule has 1 aromatic heterocycles. The van der Waals surface area contributed by atoms with E-state index in [2.05, 4.69) is 31.4 Å². The standard InChI is InChI=1S/C24H31N3O5/c1-24(2,3)15-9-10-19-17(13-15)21(16-7-5-6-8-18(16)26-19)22(29)32-14-20(28)27-23(30)25-11-12-31-4/h5-8,15H,9-14H2,1-4H3,(H2,25,27,28,30)/t15-/m1/s1. The van der Waals surface area contributed by atoms with E-state index >= 15 is 0 Å². The van der Waals surface area contributed by atoms with E-state index in [9.17, 15) is 14.4 Å². The lowest BCUT2D eigenvalue weighted by Gasteiger charge is -2.35. The van der Waals surface area contributed by atoms with Crippen molar-refractivity contribution in [2.75, 3.05) is 26.9 Å². The number of pyridine rings is 1. The van der Waals surface area contributed by atoms with Gasteiger partial charge >= 0.3 is 12.0 Å². The summed E-state index contributed by atoms with van der Waals surface area (Å²) in [5.74, 6) is -0.874. The van der Waals surface area contributed by atoms with Gasteiger partial charge in [0.15, 0.2) is 6.61 Å². The van der Waals surface area contributed by atoms with E-state index in [1.807, 2.05) is 24.3 Å². The molecule has 8 nitrogen and oxygen atoms in total. The van der Waals surface area contributed by atoms with Gasteiger partial charge in [0, 0.05) is 24.7 Å². The van der Waals surface area contributed by atoms with Crippen molar-refractivity contribution in [3.05, 3.63) is 41.1 Å². The maximum Gasteiger partial charge on any atom is 0.339 e. The van der Waals surface area contributed by atoms with Crippen LogP contribution in [0.15, 0.2) is 24.3 Å². The van der Waals surface area contributed by atoms with Gasteiger partial charge in [0.25, 0.3) is 5.91 Å². The molecular formula is C24H31N3O5. The normalized spacial score (nSPS) is 15.7. The third kappa shape index (κ3) is 5.62. The van der Waals surface area contributed by atoms with Crippen LogP contribution < -0.4 is 10.6 Å². The van der Waals surface area contributed by atoms with Gasteiger partial charge in [-0.05, 0) is 42.2 Å². The van der Waals surface area contributed by atoms with Crippen molar-refractivity contribution >= 4 is 28.8 Å². The average molecular weight is 442 g/mol. The summed E-state index contributed by atoms with van der Waals surface area (Å²) < 4.78 is 10.2. The summed E-state index contributed by atoms with van der Waals surface area (Å²) in [6.45, 7) is 6.65. The first-order chi connectivity index (χ1) is 15.2. The molecule has 1 aliphatic carbocycles. The highest BCUT2D eigenvalue weighted by atomic mass is 16.5. The predicted molar refractivity (Wildman–Crippen MR) is 120 cm³/mol. The molecule has 32 heavy (non-hydrogen) atoms. The van der Waals surface area contributed by atoms with E-state index in [0.29, 0.717) is 23.5 Å². The predicted octanol–water partition coefficient (Wildman–Crippen LogP) is 3.01. The Labute approximate surface area is 188 Å². The van der Waals surface area contributed by atoms with Gasteiger partial charge in [0.1, 0.15) is 0 Å². The van der Waals surface area contributed by atoms with E-state index in [1.165, 1.54) is 7.11 Å². The van der Waals surface area contributed by atoms with Crippen molar-refractivity contribution in [1.29, 1.82) is 0 Å². The Hall–Kier alpha value is -3.00. The molecule has 0 saturated carbocycles. The lowest BCUT2D eigenvalue weighted by Crippen LogP contribution is -2.42. The number of fused-ring (bicyclic) bond motifs is 2. The number of esters is 1. The van der Waals surface area contributed by atoms with Crippen LogP contribution in [0.3, 0.4) is 0 Å². The van der Waals surface area contributed by atoms with Crippen LogP contribution in [0.5, 0.6) is 0 Å². The molecule has 3 rings (SSSR count). The van der Waals surface area contributed by atoms with E-state index < -0.39 is 24.5 Å². The number of carbonyl (C=O) groups excluding carboxylic acids is 3. The fourth-order valence-corrected chi connectivity index (χ4v) is 4.04. The number of ether oxygens (including phenoxy) is 2. The van der Waals surface area contributed by atoms with E-state index in [1.54, 1.807) is 0 Å². The van der Waals surface area contributed by atoms with E-state index in [-0.39, 0.29) is 12.0 Å². The van der Waals surface area contributed by atoms with Crippen LogP contribution in [0.4, 0.5) is 4.79 Å². The van der Waals surface area contributed by atoms with Gasteiger partial charge in [-0.3, -0.25) is 15.1 Å². The minimum Gasteiger partial charge on any atom is -0.452 e. The van der Waals surface area contributed by atoms with Gasteiger partial charge in [-0.1, -0.05) is 39.0 Å². The Morgan fingerprint density at radius 1 is 1.19 bits per heavy atom. The molecule has 0 bridgehead atoms. The molecule has 172 valence electrons. The Balaban J connectivity index is 1.79. The maximum atomic E-state index is 13.1. The highest BCUT2D eigenvalue weighted by Gasteiger charge is 2.33. The first-order valence-electron chi connectivity index (χ1n) is 10.8. The Morgan fingerprint density at radius 3 is 2.66 bits per heavy atom. The third-order valence-electron chi connectivity index (χ3n) is 5.87. The van der Waals surface area contributed by atoms with E-state index in [4.69, 9.17) is 14.5 Å².